The van der Waals surface area contributed by atoms with Gasteiger partial charge in [-0.2, -0.15) is 0 Å². The third-order valence-corrected chi connectivity index (χ3v) is 2.31. The molecule has 3 heteroatoms. The molecule has 3 nitrogen and oxygen atoms in total. The number of ether oxygens (including phenoxy) is 2. The molecule has 0 radical (unpaired) electrons. The minimum Gasteiger partial charge on any atom is -0.496 e. The molecular weight excluding hydrogens is 180 g/mol. The second-order valence-electron chi connectivity index (χ2n) is 3.37. The molecule has 0 spiro atoms. The van der Waals surface area contributed by atoms with Crippen LogP contribution in [-0.2, 0) is 4.74 Å². The second-order valence-corrected chi connectivity index (χ2v) is 3.37. The highest BCUT2D eigenvalue weighted by molar-refractivity contribution is 6.01. The quantitative estimate of drug-likeness (QED) is 0.539. The monoisotopic (exact) mass is 192 g/mol. The zero-order valence-electron chi connectivity index (χ0n) is 8.24. The van der Waals surface area contributed by atoms with Gasteiger partial charge in [-0.1, -0.05) is 0 Å². The van der Waals surface area contributed by atoms with Crippen molar-refractivity contribution in [2.45, 2.75) is 13.0 Å². The van der Waals surface area contributed by atoms with Crippen LogP contribution >= 0.6 is 0 Å². The van der Waals surface area contributed by atoms with Crippen LogP contribution in [0.25, 0.3) is 0 Å². The smallest absolute Gasteiger partial charge is 0.193 e. The van der Waals surface area contributed by atoms with Crippen LogP contribution in [0.1, 0.15) is 15.9 Å². The number of ketones is 1. The number of Topliss-reactive ketones (excluding diaryl/α,β-unsaturated/α-hetero) is 1. The third kappa shape index (κ3) is 1.63. The molecule has 1 saturated heterocycles. The average Bonchev–Trinajstić information content (AvgIpc) is 3.00. The Morgan fingerprint density at radius 2 is 2.29 bits per heavy atom. The first-order chi connectivity index (χ1) is 6.72. The molecule has 1 atom stereocenters. The number of carbonyl (C=O) groups is 1. The van der Waals surface area contributed by atoms with E-state index < -0.39 is 0 Å². The number of carbonyl (C=O) groups excluding carboxylic acids is 1. The van der Waals surface area contributed by atoms with Gasteiger partial charge in [-0.05, 0) is 30.7 Å². The van der Waals surface area contributed by atoms with E-state index in [-0.39, 0.29) is 11.9 Å². The zero-order valence-corrected chi connectivity index (χ0v) is 8.24. The van der Waals surface area contributed by atoms with Crippen LogP contribution in [0, 0.1) is 6.92 Å². The molecule has 1 aromatic carbocycles. The summed E-state index contributed by atoms with van der Waals surface area (Å²) in [6, 6.07) is 5.42. The van der Waals surface area contributed by atoms with Gasteiger partial charge >= 0.3 is 0 Å². The lowest BCUT2D eigenvalue weighted by Gasteiger charge is -2.05. The summed E-state index contributed by atoms with van der Waals surface area (Å²) in [7, 11) is 1.62. The highest BCUT2D eigenvalue weighted by Gasteiger charge is 2.32. The topological polar surface area (TPSA) is 38.8 Å². The van der Waals surface area contributed by atoms with Gasteiger partial charge in [-0.15, -0.1) is 0 Å². The fourth-order valence-corrected chi connectivity index (χ4v) is 1.42. The molecule has 1 heterocycles. The van der Waals surface area contributed by atoms with Crippen molar-refractivity contribution >= 4 is 5.78 Å². The maximum absolute atomic E-state index is 11.6. The first kappa shape index (κ1) is 9.21. The van der Waals surface area contributed by atoms with Crippen molar-refractivity contribution < 1.29 is 14.3 Å². The number of aryl methyl sites for hydroxylation is 1. The van der Waals surface area contributed by atoms with Crippen LogP contribution in [0.2, 0.25) is 0 Å². The lowest BCUT2D eigenvalue weighted by Crippen LogP contribution is -2.07. The maximum atomic E-state index is 11.6. The molecular formula is C11H12O3. The van der Waals surface area contributed by atoms with Gasteiger partial charge in [0.25, 0.3) is 0 Å². The first-order valence-corrected chi connectivity index (χ1v) is 4.53. The van der Waals surface area contributed by atoms with Gasteiger partial charge in [0, 0.05) is 5.56 Å². The van der Waals surface area contributed by atoms with Gasteiger partial charge in [0.1, 0.15) is 11.9 Å². The summed E-state index contributed by atoms with van der Waals surface area (Å²) < 4.78 is 10.1. The Bertz CT molecular complexity index is 367. The molecule has 1 aliphatic rings. The van der Waals surface area contributed by atoms with E-state index in [1.807, 2.05) is 19.1 Å². The van der Waals surface area contributed by atoms with Crippen molar-refractivity contribution in [2.75, 3.05) is 13.7 Å². The lowest BCUT2D eigenvalue weighted by atomic mass is 10.1. The van der Waals surface area contributed by atoms with E-state index in [0.29, 0.717) is 12.2 Å². The molecule has 0 amide bonds. The predicted octanol–water partition coefficient (Wildman–Crippen LogP) is 1.59. The van der Waals surface area contributed by atoms with Gasteiger partial charge in [0.05, 0.1) is 13.7 Å². The Morgan fingerprint density at radius 1 is 1.57 bits per heavy atom. The van der Waals surface area contributed by atoms with Gasteiger partial charge in [0.15, 0.2) is 5.78 Å². The van der Waals surface area contributed by atoms with Crippen LogP contribution in [0.4, 0.5) is 0 Å². The zero-order chi connectivity index (χ0) is 10.1. The molecule has 0 aliphatic carbocycles. The number of methoxy groups -OCH3 is 1. The molecule has 0 aromatic heterocycles. The van der Waals surface area contributed by atoms with Crippen molar-refractivity contribution in [3.63, 3.8) is 0 Å². The normalized spacial score (nSPS) is 19.1. The molecule has 14 heavy (non-hydrogen) atoms. The molecule has 1 aliphatic heterocycles. The van der Waals surface area contributed by atoms with Gasteiger partial charge < -0.3 is 9.47 Å². The van der Waals surface area contributed by atoms with Crippen molar-refractivity contribution in [2.24, 2.45) is 0 Å². The summed E-state index contributed by atoms with van der Waals surface area (Å²) in [5, 5.41) is 0. The predicted molar refractivity (Wildman–Crippen MR) is 51.8 cm³/mol. The fourth-order valence-electron chi connectivity index (χ4n) is 1.42. The van der Waals surface area contributed by atoms with E-state index in [1.54, 1.807) is 13.2 Å². The van der Waals surface area contributed by atoms with Crippen LogP contribution in [0.15, 0.2) is 18.2 Å². The fraction of sp³-hybridized carbons (Fsp3) is 0.364. The van der Waals surface area contributed by atoms with E-state index in [1.165, 1.54) is 0 Å². The number of epoxide rings is 1. The molecule has 1 fully saturated rings. The maximum Gasteiger partial charge on any atom is 0.193 e. The van der Waals surface area contributed by atoms with E-state index in [0.717, 1.165) is 11.3 Å². The molecule has 1 aromatic rings. The molecule has 0 N–H and O–H groups in total. The number of hydrogen-bond donors (Lipinski definition) is 0. The van der Waals surface area contributed by atoms with Gasteiger partial charge in [0.2, 0.25) is 0 Å². The van der Waals surface area contributed by atoms with E-state index in [9.17, 15) is 4.79 Å². The van der Waals surface area contributed by atoms with Crippen LogP contribution in [0.5, 0.6) is 5.75 Å². The molecule has 2 rings (SSSR count). The summed E-state index contributed by atoms with van der Waals surface area (Å²) in [6.07, 6.45) is -0.206. The average molecular weight is 192 g/mol. The summed E-state index contributed by atoms with van der Waals surface area (Å²) in [5.41, 5.74) is 1.67. The minimum absolute atomic E-state index is 0.0655. The molecule has 0 saturated carbocycles. The Balaban J connectivity index is 2.27. The molecule has 1 unspecified atom stereocenters. The Hall–Kier alpha value is -1.35. The Labute approximate surface area is 82.6 Å². The summed E-state index contributed by atoms with van der Waals surface area (Å²) in [5.74, 6) is 0.869. The highest BCUT2D eigenvalue weighted by atomic mass is 16.6. The number of rotatable bonds is 3. The highest BCUT2D eigenvalue weighted by Crippen LogP contribution is 2.22. The van der Waals surface area contributed by atoms with Crippen molar-refractivity contribution in [1.29, 1.82) is 0 Å². The Kier molecular flexibility index (Phi) is 2.25. The number of hydrogen-bond acceptors (Lipinski definition) is 3. The van der Waals surface area contributed by atoms with Crippen molar-refractivity contribution in [3.8, 4) is 5.75 Å². The van der Waals surface area contributed by atoms with Crippen LogP contribution < -0.4 is 4.74 Å². The van der Waals surface area contributed by atoms with E-state index >= 15 is 0 Å². The molecule has 74 valence electrons. The van der Waals surface area contributed by atoms with Gasteiger partial charge in [-0.25, -0.2) is 0 Å². The van der Waals surface area contributed by atoms with Crippen molar-refractivity contribution in [1.82, 2.24) is 0 Å². The first-order valence-electron chi connectivity index (χ1n) is 4.53. The largest absolute Gasteiger partial charge is 0.496 e. The standard InChI is InChI=1S/C11H12O3/c1-7-5-8(3-4-9(7)13-2)11(12)10-6-14-10/h3-5,10H,6H2,1-2H3. The third-order valence-electron chi connectivity index (χ3n) is 2.31. The van der Waals surface area contributed by atoms with Crippen molar-refractivity contribution in [3.05, 3.63) is 29.3 Å². The summed E-state index contributed by atoms with van der Waals surface area (Å²) in [4.78, 5) is 11.6. The number of benzene rings is 1. The summed E-state index contributed by atoms with van der Waals surface area (Å²) in [6.45, 7) is 2.48. The minimum atomic E-state index is -0.206. The molecule has 0 bridgehead atoms. The second kappa shape index (κ2) is 3.42. The SMILES string of the molecule is COc1ccc(C(=O)C2CO2)cc1C. The van der Waals surface area contributed by atoms with Crippen LogP contribution in [0.3, 0.4) is 0 Å². The van der Waals surface area contributed by atoms with E-state index in [4.69, 9.17) is 9.47 Å². The van der Waals surface area contributed by atoms with Gasteiger partial charge in [-0.3, -0.25) is 4.79 Å². The van der Waals surface area contributed by atoms with Crippen LogP contribution in [-0.4, -0.2) is 25.6 Å². The summed E-state index contributed by atoms with van der Waals surface area (Å²) >= 11 is 0. The van der Waals surface area contributed by atoms with E-state index in [2.05, 4.69) is 0 Å². The Morgan fingerprint density at radius 3 is 2.79 bits per heavy atom. The lowest BCUT2D eigenvalue weighted by molar-refractivity contribution is 0.0953.